The van der Waals surface area contributed by atoms with Crippen molar-refractivity contribution in [3.63, 3.8) is 0 Å². The van der Waals surface area contributed by atoms with Gasteiger partial charge in [-0.05, 0) is 0 Å². The Morgan fingerprint density at radius 1 is 0.800 bits per heavy atom. The molecule has 0 N–H and O–H groups in total. The van der Waals surface area contributed by atoms with Crippen molar-refractivity contribution in [2.24, 2.45) is 0 Å². The van der Waals surface area contributed by atoms with Crippen molar-refractivity contribution < 1.29 is 42.1 Å². The van der Waals surface area contributed by atoms with Crippen molar-refractivity contribution in [1.29, 1.82) is 0 Å². The van der Waals surface area contributed by atoms with Gasteiger partial charge in [0.05, 0.1) is 0 Å². The molecule has 0 aliphatic heterocycles. The van der Waals surface area contributed by atoms with E-state index in [1.54, 1.807) is 5.90 Å². The summed E-state index contributed by atoms with van der Waals surface area (Å²) in [6, 6.07) is 0. The van der Waals surface area contributed by atoms with Gasteiger partial charge in [0.15, 0.2) is 5.90 Å². The van der Waals surface area contributed by atoms with Gasteiger partial charge in [0.1, 0.15) is 0 Å². The van der Waals surface area contributed by atoms with E-state index < -0.39 is 0 Å². The van der Waals surface area contributed by atoms with E-state index in [1.165, 1.54) is 0 Å². The van der Waals surface area contributed by atoms with Crippen LogP contribution in [0.15, 0.2) is 9.81 Å². The molecular formula is C9H22P2Pt2S2. The van der Waals surface area contributed by atoms with Gasteiger partial charge in [0, 0.05) is 84.6 Å². The molecule has 0 saturated heterocycles. The topological polar surface area (TPSA) is 0 Å². The normalized spacial score (nSPS) is 10.7. The molecule has 0 rings (SSSR count). The van der Waals surface area contributed by atoms with Crippen molar-refractivity contribution >= 4 is 41.1 Å². The molecule has 0 aliphatic rings. The Labute approximate surface area is 138 Å². The molecule has 0 atom stereocenters. The van der Waals surface area contributed by atoms with E-state index in [2.05, 4.69) is 51.9 Å². The van der Waals surface area contributed by atoms with Crippen LogP contribution in [0.3, 0.4) is 0 Å². The fraction of sp³-hybridized carbons (Fsp3) is 0.778. The van der Waals surface area contributed by atoms with Crippen LogP contribution in [0.1, 0.15) is 13.8 Å². The van der Waals surface area contributed by atoms with Gasteiger partial charge in [-0.15, -0.1) is 0 Å². The molecular weight excluding hydrogens is 624 g/mol. The first-order valence-corrected chi connectivity index (χ1v) is 10.6. The SMILES string of the molecule is C/C([S-])=C(\C)[S-].C[PH+](C)C[PH+](C)C.[Pt].[Pt]. The Morgan fingerprint density at radius 2 is 1.00 bits per heavy atom. The van der Waals surface area contributed by atoms with Gasteiger partial charge in [0.25, 0.3) is 0 Å². The van der Waals surface area contributed by atoms with Gasteiger partial charge in [-0.2, -0.15) is 0 Å². The van der Waals surface area contributed by atoms with Gasteiger partial charge in [-0.1, -0.05) is 13.8 Å². The third kappa shape index (κ3) is 31.4. The summed E-state index contributed by atoms with van der Waals surface area (Å²) in [7, 11) is 0.222. The van der Waals surface area contributed by atoms with Crippen LogP contribution in [0.4, 0.5) is 0 Å². The van der Waals surface area contributed by atoms with E-state index in [0.29, 0.717) is 0 Å². The number of rotatable bonds is 2. The van der Waals surface area contributed by atoms with Crippen LogP contribution in [0, 0.1) is 0 Å². The van der Waals surface area contributed by atoms with Crippen molar-refractivity contribution in [2.75, 3.05) is 32.6 Å². The molecule has 0 bridgehead atoms. The minimum atomic E-state index is 0. The Morgan fingerprint density at radius 3 is 1.00 bits per heavy atom. The maximum atomic E-state index is 4.68. The van der Waals surface area contributed by atoms with E-state index in [-0.39, 0.29) is 58.0 Å². The zero-order valence-corrected chi connectivity index (χ0v) is 18.3. The van der Waals surface area contributed by atoms with E-state index in [1.807, 2.05) is 13.8 Å². The molecule has 0 aromatic rings. The molecule has 0 fully saturated rings. The van der Waals surface area contributed by atoms with E-state index in [9.17, 15) is 0 Å². The average Bonchev–Trinajstić information content (AvgIpc) is 1.84. The first-order chi connectivity index (χ1) is 5.77. The van der Waals surface area contributed by atoms with E-state index >= 15 is 0 Å². The molecule has 6 heteroatoms. The fourth-order valence-corrected chi connectivity index (χ4v) is 6.36. The predicted octanol–water partition coefficient (Wildman–Crippen LogP) is 3.22. The molecule has 0 radical (unpaired) electrons. The number of allylic oxidation sites excluding steroid dienone is 2. The zero-order valence-electron chi connectivity index (χ0n) is 10.2. The first kappa shape index (κ1) is 26.1. The maximum Gasteiger partial charge on any atom is 0.154 e. The van der Waals surface area contributed by atoms with Crippen LogP contribution >= 0.6 is 15.8 Å². The second-order valence-electron chi connectivity index (χ2n) is 3.70. The summed E-state index contributed by atoms with van der Waals surface area (Å²) in [5.41, 5.74) is 0. The Hall–Kier alpha value is 2.42. The second kappa shape index (κ2) is 16.4. The summed E-state index contributed by atoms with van der Waals surface area (Å²) in [4.78, 5) is 1.65. The van der Waals surface area contributed by atoms with Crippen molar-refractivity contribution in [1.82, 2.24) is 0 Å². The number of hydrogen-bond donors (Lipinski definition) is 0. The Balaban J connectivity index is -0.0000000718. The zero-order chi connectivity index (χ0) is 11.0. The third-order valence-electron chi connectivity index (χ3n) is 1.20. The molecule has 15 heavy (non-hydrogen) atoms. The summed E-state index contributed by atoms with van der Waals surface area (Å²) in [5, 5.41) is 0. The molecule has 0 aliphatic carbocycles. The van der Waals surface area contributed by atoms with E-state index in [4.69, 9.17) is 0 Å². The van der Waals surface area contributed by atoms with Gasteiger partial charge < -0.3 is 25.3 Å². The molecule has 0 saturated carbocycles. The smallest absolute Gasteiger partial charge is 0.154 e. The van der Waals surface area contributed by atoms with Crippen LogP contribution < -0.4 is 0 Å². The van der Waals surface area contributed by atoms with Gasteiger partial charge in [-0.25, -0.2) is 9.81 Å². The summed E-state index contributed by atoms with van der Waals surface area (Å²) >= 11 is 9.36. The molecule has 0 nitrogen and oxygen atoms in total. The average molecular weight is 647 g/mol. The number of hydrogen-bond acceptors (Lipinski definition) is 2. The van der Waals surface area contributed by atoms with Crippen LogP contribution in [0.2, 0.25) is 0 Å². The van der Waals surface area contributed by atoms with Crippen molar-refractivity contribution in [3.05, 3.63) is 9.81 Å². The van der Waals surface area contributed by atoms with Crippen molar-refractivity contribution in [3.8, 4) is 0 Å². The van der Waals surface area contributed by atoms with Crippen LogP contribution in [-0.4, -0.2) is 32.6 Å². The second-order valence-corrected chi connectivity index (χ2v) is 11.2. The minimum absolute atomic E-state index is 0. The fourth-order valence-electron chi connectivity index (χ4n) is 0.707. The van der Waals surface area contributed by atoms with Crippen molar-refractivity contribution in [2.45, 2.75) is 13.8 Å². The molecule has 0 heterocycles. The summed E-state index contributed by atoms with van der Waals surface area (Å²) in [5.74, 6) is 1.56. The molecule has 0 aromatic carbocycles. The third-order valence-corrected chi connectivity index (χ3v) is 7.60. The van der Waals surface area contributed by atoms with Gasteiger partial charge in [-0.3, -0.25) is 0 Å². The molecule has 0 unspecified atom stereocenters. The minimum Gasteiger partial charge on any atom is -0.786 e. The van der Waals surface area contributed by atoms with Crippen LogP contribution in [0.5, 0.6) is 0 Å². The molecule has 100 valence electrons. The Bertz CT molecular complexity index is 138. The van der Waals surface area contributed by atoms with Crippen LogP contribution in [-0.2, 0) is 67.4 Å². The summed E-state index contributed by atoms with van der Waals surface area (Å²) < 4.78 is 0. The van der Waals surface area contributed by atoms with E-state index in [0.717, 1.165) is 9.81 Å². The maximum absolute atomic E-state index is 4.68. The van der Waals surface area contributed by atoms with Gasteiger partial charge >= 0.3 is 0 Å². The summed E-state index contributed by atoms with van der Waals surface area (Å²) in [6.07, 6.45) is 0. The monoisotopic (exact) mass is 646 g/mol. The standard InChI is InChI=1S/C5H14P2.C4H8S2.2Pt/c1-6(2)5-7(3)4;1-3(5)4(2)6;;/h5H2,1-4H3;5-6H,1-2H3;;/b;4-3-;;. The summed E-state index contributed by atoms with van der Waals surface area (Å²) in [6.45, 7) is 13.2. The first-order valence-electron chi connectivity index (χ1n) is 4.37. The molecule has 0 aromatic heterocycles. The predicted molar refractivity (Wildman–Crippen MR) is 78.3 cm³/mol. The largest absolute Gasteiger partial charge is 0.786 e. The van der Waals surface area contributed by atoms with Crippen LogP contribution in [0.25, 0.3) is 0 Å². The van der Waals surface area contributed by atoms with Gasteiger partial charge in [0.2, 0.25) is 0 Å². The Kier molecular flexibility index (Phi) is 28.5. The quantitative estimate of drug-likeness (QED) is 0.334. The molecule has 0 amide bonds. The molecule has 0 spiro atoms.